The molecule has 170 valence electrons. The van der Waals surface area contributed by atoms with Crippen molar-refractivity contribution in [2.75, 3.05) is 0 Å². The number of rotatable bonds is 1. The Kier molecular flexibility index (Phi) is 4.12. The van der Waals surface area contributed by atoms with Crippen molar-refractivity contribution in [1.29, 1.82) is 0 Å². The summed E-state index contributed by atoms with van der Waals surface area (Å²) in [5, 5.41) is 0. The molecule has 0 bridgehead atoms. The molecule has 3 aromatic rings. The van der Waals surface area contributed by atoms with Gasteiger partial charge in [0.05, 0.1) is 11.0 Å². The van der Waals surface area contributed by atoms with E-state index in [4.69, 9.17) is 4.98 Å². The lowest BCUT2D eigenvalue weighted by atomic mass is 9.59. The third-order valence-electron chi connectivity index (χ3n) is 10.3. The molecule has 0 aliphatic heterocycles. The first-order chi connectivity index (χ1) is 14.6. The number of hydrogen-bond donors (Lipinski definition) is 0. The van der Waals surface area contributed by atoms with E-state index in [0.29, 0.717) is 0 Å². The van der Waals surface area contributed by atoms with Gasteiger partial charge in [-0.3, -0.25) is 4.57 Å². The summed E-state index contributed by atoms with van der Waals surface area (Å²) in [4.78, 5) is 4.87. The molecule has 32 heavy (non-hydrogen) atoms. The van der Waals surface area contributed by atoms with Crippen LogP contribution in [0.15, 0.2) is 36.7 Å². The van der Waals surface area contributed by atoms with Crippen molar-refractivity contribution in [3.63, 3.8) is 0 Å². The molecular weight excluding hydrogens is 388 g/mol. The minimum Gasteiger partial charge on any atom is -0.299 e. The quantitative estimate of drug-likeness (QED) is 0.384. The average Bonchev–Trinajstić information content (AvgIpc) is 3.16. The number of benzene rings is 2. The molecule has 2 heteroatoms. The molecule has 1 heterocycles. The van der Waals surface area contributed by atoms with E-state index in [0.717, 1.165) is 5.52 Å². The van der Waals surface area contributed by atoms with Crippen LogP contribution in [0.1, 0.15) is 104 Å². The molecule has 0 unspecified atom stereocenters. The maximum atomic E-state index is 4.87. The minimum absolute atomic E-state index is 0.101. The van der Waals surface area contributed by atoms with Crippen LogP contribution < -0.4 is 0 Å². The zero-order valence-corrected chi connectivity index (χ0v) is 21.8. The van der Waals surface area contributed by atoms with Gasteiger partial charge in [0.15, 0.2) is 0 Å². The SMILES string of the molecule is CC1(C)CCC(C)(C)c2cc3c(cc21)ncn3-c1ccc2c(c1)C(C)(C)C(C)(C)C2(C)C. The molecule has 0 spiro atoms. The van der Waals surface area contributed by atoms with E-state index in [1.165, 1.54) is 46.3 Å². The maximum absolute atomic E-state index is 4.87. The second-order valence-electron chi connectivity index (χ2n) is 13.4. The van der Waals surface area contributed by atoms with Crippen LogP contribution in [-0.4, -0.2) is 9.55 Å². The normalized spacial score (nSPS) is 23.7. The Balaban J connectivity index is 1.72. The van der Waals surface area contributed by atoms with Crippen LogP contribution in [0.2, 0.25) is 0 Å². The Morgan fingerprint density at radius 3 is 1.84 bits per heavy atom. The molecule has 2 aliphatic carbocycles. The first-order valence-corrected chi connectivity index (χ1v) is 12.3. The first-order valence-electron chi connectivity index (χ1n) is 12.3. The summed E-state index contributed by atoms with van der Waals surface area (Å²) in [5.74, 6) is 0. The topological polar surface area (TPSA) is 17.8 Å². The molecule has 0 fully saturated rings. The van der Waals surface area contributed by atoms with Gasteiger partial charge in [0, 0.05) is 5.69 Å². The van der Waals surface area contributed by atoms with Gasteiger partial charge in [-0.2, -0.15) is 0 Å². The van der Waals surface area contributed by atoms with E-state index in [2.05, 4.69) is 104 Å². The second kappa shape index (κ2) is 6.07. The molecule has 0 N–H and O–H groups in total. The summed E-state index contributed by atoms with van der Waals surface area (Å²) in [6.07, 6.45) is 4.48. The first kappa shape index (κ1) is 21.7. The zero-order chi connectivity index (χ0) is 23.5. The van der Waals surface area contributed by atoms with Gasteiger partial charge in [-0.25, -0.2) is 4.98 Å². The molecule has 5 rings (SSSR count). The Morgan fingerprint density at radius 2 is 1.22 bits per heavy atom. The smallest absolute Gasteiger partial charge is 0.100 e. The molecule has 1 aromatic heterocycles. The number of hydrogen-bond acceptors (Lipinski definition) is 1. The Morgan fingerprint density at radius 1 is 0.656 bits per heavy atom. The highest BCUT2D eigenvalue weighted by molar-refractivity contribution is 5.80. The van der Waals surface area contributed by atoms with Crippen molar-refractivity contribution in [3.05, 3.63) is 58.9 Å². The Hall–Kier alpha value is -2.09. The van der Waals surface area contributed by atoms with E-state index >= 15 is 0 Å². The molecule has 0 atom stereocenters. The maximum Gasteiger partial charge on any atom is 0.100 e. The molecule has 0 saturated heterocycles. The van der Waals surface area contributed by atoms with Gasteiger partial charge in [0.25, 0.3) is 0 Å². The monoisotopic (exact) mass is 428 g/mol. The van der Waals surface area contributed by atoms with E-state index < -0.39 is 0 Å². The van der Waals surface area contributed by atoms with Crippen LogP contribution in [0.25, 0.3) is 16.7 Å². The van der Waals surface area contributed by atoms with Crippen LogP contribution in [0.3, 0.4) is 0 Å². The van der Waals surface area contributed by atoms with E-state index in [-0.39, 0.29) is 27.1 Å². The number of imidazole rings is 1. The van der Waals surface area contributed by atoms with Crippen molar-refractivity contribution in [1.82, 2.24) is 9.55 Å². The second-order valence-corrected chi connectivity index (χ2v) is 13.4. The summed E-state index contributed by atoms with van der Waals surface area (Å²) >= 11 is 0. The zero-order valence-electron chi connectivity index (χ0n) is 21.8. The minimum atomic E-state index is 0.101. The van der Waals surface area contributed by atoms with Gasteiger partial charge >= 0.3 is 0 Å². The van der Waals surface area contributed by atoms with Crippen LogP contribution in [0, 0.1) is 5.41 Å². The largest absolute Gasteiger partial charge is 0.299 e. The van der Waals surface area contributed by atoms with Gasteiger partial charge in [-0.15, -0.1) is 0 Å². The van der Waals surface area contributed by atoms with Crippen LogP contribution in [0.5, 0.6) is 0 Å². The van der Waals surface area contributed by atoms with E-state index in [1.54, 1.807) is 0 Å². The van der Waals surface area contributed by atoms with Crippen molar-refractivity contribution in [3.8, 4) is 5.69 Å². The molecule has 2 nitrogen and oxygen atoms in total. The third-order valence-corrected chi connectivity index (χ3v) is 10.3. The van der Waals surface area contributed by atoms with E-state index in [9.17, 15) is 0 Å². The fraction of sp³-hybridized carbons (Fsp3) is 0.567. The summed E-state index contributed by atoms with van der Waals surface area (Å²) < 4.78 is 2.31. The van der Waals surface area contributed by atoms with Crippen LogP contribution in [-0.2, 0) is 21.7 Å². The summed E-state index contributed by atoms with van der Waals surface area (Å²) in [7, 11) is 0. The standard InChI is InChI=1S/C30H40N2/c1-26(2)13-14-27(3,4)22-17-25-24(16-21(22)26)31-18-32(25)19-11-12-20-23(15-19)29(7,8)30(9,10)28(20,5)6/h11-12,15-18H,13-14H2,1-10H3. The summed E-state index contributed by atoms with van der Waals surface area (Å²) in [5.41, 5.74) is 10.3. The number of fused-ring (bicyclic) bond motifs is 3. The van der Waals surface area contributed by atoms with Crippen molar-refractivity contribution in [2.24, 2.45) is 5.41 Å². The van der Waals surface area contributed by atoms with Crippen molar-refractivity contribution < 1.29 is 0 Å². The predicted molar refractivity (Wildman–Crippen MR) is 136 cm³/mol. The summed E-state index contributed by atoms with van der Waals surface area (Å²) in [6, 6.07) is 11.9. The molecule has 2 aliphatic rings. The third kappa shape index (κ3) is 2.56. The molecular formula is C30H40N2. The van der Waals surface area contributed by atoms with Gasteiger partial charge in [0.2, 0.25) is 0 Å². The average molecular weight is 429 g/mol. The molecule has 0 saturated carbocycles. The molecule has 0 amide bonds. The lowest BCUT2D eigenvalue weighted by molar-refractivity contribution is 0.125. The lowest BCUT2D eigenvalue weighted by Gasteiger charge is -2.44. The molecule has 2 aromatic carbocycles. The number of nitrogens with zero attached hydrogens (tertiary/aromatic N) is 2. The van der Waals surface area contributed by atoms with Crippen molar-refractivity contribution >= 4 is 11.0 Å². The van der Waals surface area contributed by atoms with Gasteiger partial charge in [-0.1, -0.05) is 75.3 Å². The van der Waals surface area contributed by atoms with Crippen LogP contribution in [0.4, 0.5) is 0 Å². The van der Waals surface area contributed by atoms with Crippen LogP contribution >= 0.6 is 0 Å². The lowest BCUT2D eigenvalue weighted by Crippen LogP contribution is -2.42. The Bertz CT molecular complexity index is 1250. The van der Waals surface area contributed by atoms with Gasteiger partial charge in [-0.05, 0) is 86.4 Å². The highest BCUT2D eigenvalue weighted by atomic mass is 15.0. The highest BCUT2D eigenvalue weighted by Crippen LogP contribution is 2.61. The van der Waals surface area contributed by atoms with Crippen molar-refractivity contribution in [2.45, 2.75) is 104 Å². The van der Waals surface area contributed by atoms with E-state index in [1.807, 2.05) is 6.33 Å². The molecule has 0 radical (unpaired) electrons. The number of aromatic nitrogens is 2. The fourth-order valence-electron chi connectivity index (χ4n) is 6.47. The summed E-state index contributed by atoms with van der Waals surface area (Å²) in [6.45, 7) is 24.1. The van der Waals surface area contributed by atoms with Gasteiger partial charge < -0.3 is 0 Å². The predicted octanol–water partition coefficient (Wildman–Crippen LogP) is 7.97. The highest BCUT2D eigenvalue weighted by Gasteiger charge is 2.56. The Labute approximate surface area is 194 Å². The fourth-order valence-corrected chi connectivity index (χ4v) is 6.47. The van der Waals surface area contributed by atoms with Gasteiger partial charge in [0.1, 0.15) is 6.33 Å².